The van der Waals surface area contributed by atoms with Crippen LogP contribution < -0.4 is 11.1 Å². The molecule has 3 N–H and O–H groups in total. The van der Waals surface area contributed by atoms with Crippen molar-refractivity contribution >= 4 is 40.9 Å². The lowest BCUT2D eigenvalue weighted by Gasteiger charge is -2.12. The topological polar surface area (TPSA) is 116 Å². The summed E-state index contributed by atoms with van der Waals surface area (Å²) in [6.07, 6.45) is 2.15. The van der Waals surface area contributed by atoms with Crippen LogP contribution in [0.25, 0.3) is 0 Å². The number of hydrogen-bond acceptors (Lipinski definition) is 6. The number of anilines is 1. The van der Waals surface area contributed by atoms with Gasteiger partial charge in [0, 0.05) is 26.1 Å². The first kappa shape index (κ1) is 18.2. The van der Waals surface area contributed by atoms with Crippen LogP contribution in [0.3, 0.4) is 0 Å². The van der Waals surface area contributed by atoms with Crippen molar-refractivity contribution in [3.05, 3.63) is 29.3 Å². The fraction of sp³-hybridized carbons (Fsp3) is 0.357. The number of carbonyl (C=O) groups excluding carboxylic acids is 2. The van der Waals surface area contributed by atoms with Crippen molar-refractivity contribution in [1.82, 2.24) is 19.7 Å². The Bertz CT molecular complexity index is 751. The van der Waals surface area contributed by atoms with Crippen LogP contribution in [0.4, 0.5) is 5.69 Å². The molecular formula is C14H17ClN6O2S. The number of primary amides is 1. The van der Waals surface area contributed by atoms with E-state index in [9.17, 15) is 9.59 Å². The van der Waals surface area contributed by atoms with Crippen molar-refractivity contribution in [2.24, 2.45) is 12.8 Å². The SMILES string of the molecule is C[C@H](Sc1nnc(CCC(N)=O)n1C)C(=O)Nc1cccnc1Cl. The Labute approximate surface area is 148 Å². The zero-order valence-electron chi connectivity index (χ0n) is 13.2. The minimum Gasteiger partial charge on any atom is -0.370 e. The quantitative estimate of drug-likeness (QED) is 0.563. The van der Waals surface area contributed by atoms with Gasteiger partial charge >= 0.3 is 0 Å². The molecule has 0 aromatic carbocycles. The molecule has 2 rings (SSSR count). The highest BCUT2D eigenvalue weighted by molar-refractivity contribution is 8.00. The van der Waals surface area contributed by atoms with Gasteiger partial charge in [-0.3, -0.25) is 9.59 Å². The molecular weight excluding hydrogens is 352 g/mol. The summed E-state index contributed by atoms with van der Waals surface area (Å²) in [5, 5.41) is 11.2. The van der Waals surface area contributed by atoms with E-state index in [1.54, 1.807) is 36.9 Å². The lowest BCUT2D eigenvalue weighted by Crippen LogP contribution is -2.23. The summed E-state index contributed by atoms with van der Waals surface area (Å²) >= 11 is 7.18. The van der Waals surface area contributed by atoms with Crippen LogP contribution in [0.5, 0.6) is 0 Å². The van der Waals surface area contributed by atoms with E-state index >= 15 is 0 Å². The first-order valence-electron chi connectivity index (χ1n) is 7.13. The molecule has 0 aliphatic rings. The van der Waals surface area contributed by atoms with Gasteiger partial charge in [-0.2, -0.15) is 0 Å². The predicted molar refractivity (Wildman–Crippen MR) is 91.7 cm³/mol. The van der Waals surface area contributed by atoms with Gasteiger partial charge in [0.1, 0.15) is 5.82 Å². The third-order valence-corrected chi connectivity index (χ3v) is 4.62. The number of hydrogen-bond donors (Lipinski definition) is 2. The van der Waals surface area contributed by atoms with Gasteiger partial charge in [-0.15, -0.1) is 10.2 Å². The largest absolute Gasteiger partial charge is 0.370 e. The summed E-state index contributed by atoms with van der Waals surface area (Å²) < 4.78 is 1.74. The highest BCUT2D eigenvalue weighted by Crippen LogP contribution is 2.24. The van der Waals surface area contributed by atoms with Crippen molar-refractivity contribution in [2.45, 2.75) is 30.2 Å². The molecule has 2 aromatic heterocycles. The van der Waals surface area contributed by atoms with Crippen LogP contribution in [-0.4, -0.2) is 36.8 Å². The number of aryl methyl sites for hydroxylation is 1. The van der Waals surface area contributed by atoms with E-state index in [0.717, 1.165) is 0 Å². The molecule has 0 aliphatic heterocycles. The summed E-state index contributed by atoms with van der Waals surface area (Å²) in [4.78, 5) is 27.0. The number of aromatic nitrogens is 4. The van der Waals surface area contributed by atoms with Crippen LogP contribution in [0.2, 0.25) is 5.15 Å². The first-order chi connectivity index (χ1) is 11.4. The van der Waals surface area contributed by atoms with Crippen molar-refractivity contribution in [2.75, 3.05) is 5.32 Å². The Morgan fingerprint density at radius 3 is 2.88 bits per heavy atom. The number of halogens is 1. The Kier molecular flexibility index (Phi) is 6.16. The molecule has 0 bridgehead atoms. The van der Waals surface area contributed by atoms with E-state index in [4.69, 9.17) is 17.3 Å². The van der Waals surface area contributed by atoms with E-state index in [-0.39, 0.29) is 17.5 Å². The van der Waals surface area contributed by atoms with Gasteiger partial charge in [-0.1, -0.05) is 23.4 Å². The average Bonchev–Trinajstić information content (AvgIpc) is 2.88. The van der Waals surface area contributed by atoms with Gasteiger partial charge < -0.3 is 15.6 Å². The molecule has 10 heteroatoms. The van der Waals surface area contributed by atoms with E-state index in [2.05, 4.69) is 20.5 Å². The molecule has 8 nitrogen and oxygen atoms in total. The number of thioether (sulfide) groups is 1. The van der Waals surface area contributed by atoms with Crippen molar-refractivity contribution in [3.63, 3.8) is 0 Å². The normalized spacial score (nSPS) is 12.0. The molecule has 2 aromatic rings. The predicted octanol–water partition coefficient (Wildman–Crippen LogP) is 1.40. The van der Waals surface area contributed by atoms with Crippen LogP contribution in [0.1, 0.15) is 19.2 Å². The van der Waals surface area contributed by atoms with Crippen molar-refractivity contribution in [1.29, 1.82) is 0 Å². The minimum absolute atomic E-state index is 0.201. The first-order valence-corrected chi connectivity index (χ1v) is 8.39. The van der Waals surface area contributed by atoms with Crippen molar-refractivity contribution < 1.29 is 9.59 Å². The Morgan fingerprint density at radius 1 is 1.46 bits per heavy atom. The second-order valence-corrected chi connectivity index (χ2v) is 6.68. The molecule has 0 spiro atoms. The molecule has 0 aliphatic carbocycles. The maximum absolute atomic E-state index is 12.3. The van der Waals surface area contributed by atoms with E-state index < -0.39 is 11.2 Å². The third kappa shape index (κ3) is 4.68. The summed E-state index contributed by atoms with van der Waals surface area (Å²) in [5.41, 5.74) is 5.59. The Hall–Kier alpha value is -2.13. The maximum atomic E-state index is 12.3. The number of nitrogens with zero attached hydrogens (tertiary/aromatic N) is 4. The van der Waals surface area contributed by atoms with Gasteiger partial charge in [0.25, 0.3) is 0 Å². The lowest BCUT2D eigenvalue weighted by atomic mass is 10.3. The zero-order chi connectivity index (χ0) is 17.7. The smallest absolute Gasteiger partial charge is 0.237 e. The van der Waals surface area contributed by atoms with E-state index in [1.165, 1.54) is 11.8 Å². The van der Waals surface area contributed by atoms with Gasteiger partial charge in [0.05, 0.1) is 10.9 Å². The molecule has 128 valence electrons. The number of nitrogens with two attached hydrogens (primary N) is 1. The monoisotopic (exact) mass is 368 g/mol. The molecule has 24 heavy (non-hydrogen) atoms. The van der Waals surface area contributed by atoms with Gasteiger partial charge in [-0.05, 0) is 19.1 Å². The van der Waals surface area contributed by atoms with Gasteiger partial charge in [0.15, 0.2) is 10.3 Å². The molecule has 1 atom stereocenters. The minimum atomic E-state index is -0.423. The van der Waals surface area contributed by atoms with E-state index in [0.29, 0.717) is 23.1 Å². The number of pyridine rings is 1. The van der Waals surface area contributed by atoms with Gasteiger partial charge in [-0.25, -0.2) is 4.98 Å². The fourth-order valence-corrected chi connectivity index (χ4v) is 2.83. The van der Waals surface area contributed by atoms with Gasteiger partial charge in [0.2, 0.25) is 11.8 Å². The number of nitrogens with one attached hydrogen (secondary N) is 1. The lowest BCUT2D eigenvalue weighted by molar-refractivity contribution is -0.118. The summed E-state index contributed by atoms with van der Waals surface area (Å²) in [6.45, 7) is 1.75. The molecule has 2 amide bonds. The molecule has 0 unspecified atom stereocenters. The average molecular weight is 369 g/mol. The molecule has 2 heterocycles. The van der Waals surface area contributed by atoms with Crippen LogP contribution in [0.15, 0.2) is 23.5 Å². The second kappa shape index (κ2) is 8.11. The fourth-order valence-electron chi connectivity index (χ4n) is 1.83. The zero-order valence-corrected chi connectivity index (χ0v) is 14.8. The summed E-state index contributed by atoms with van der Waals surface area (Å²) in [5.74, 6) is 0.0177. The molecule has 0 saturated heterocycles. The number of rotatable bonds is 7. The van der Waals surface area contributed by atoms with Crippen LogP contribution in [-0.2, 0) is 23.1 Å². The molecule has 0 radical (unpaired) electrons. The summed E-state index contributed by atoms with van der Waals surface area (Å²) in [7, 11) is 1.78. The van der Waals surface area contributed by atoms with Crippen LogP contribution in [0, 0.1) is 0 Å². The van der Waals surface area contributed by atoms with Crippen LogP contribution >= 0.6 is 23.4 Å². The molecule has 0 fully saturated rings. The van der Waals surface area contributed by atoms with Crippen molar-refractivity contribution in [3.8, 4) is 0 Å². The highest BCUT2D eigenvalue weighted by Gasteiger charge is 2.19. The Balaban J connectivity index is 1.99. The Morgan fingerprint density at radius 2 is 2.21 bits per heavy atom. The maximum Gasteiger partial charge on any atom is 0.237 e. The summed E-state index contributed by atoms with van der Waals surface area (Å²) in [6, 6.07) is 3.36. The third-order valence-electron chi connectivity index (χ3n) is 3.19. The van der Waals surface area contributed by atoms with E-state index in [1.807, 2.05) is 0 Å². The number of carbonyl (C=O) groups is 2. The highest BCUT2D eigenvalue weighted by atomic mass is 35.5. The molecule has 0 saturated carbocycles. The standard InChI is InChI=1S/C14H17ClN6O2S/c1-8(13(23)18-9-4-3-7-17-12(9)15)24-14-20-19-11(21(14)2)6-5-10(16)22/h3-4,7-8H,5-6H2,1-2H3,(H2,16,22)(H,18,23)/t8-/m0/s1. The second-order valence-electron chi connectivity index (χ2n) is 5.02. The number of amides is 2.